The molecule has 7 nitrogen and oxygen atoms in total. The third-order valence-electron chi connectivity index (χ3n) is 8.70. The Morgan fingerprint density at radius 3 is 2.55 bits per heavy atom. The minimum absolute atomic E-state index is 0.0679. The summed E-state index contributed by atoms with van der Waals surface area (Å²) in [4.78, 5) is 18.2. The van der Waals surface area contributed by atoms with Crippen molar-refractivity contribution in [3.8, 4) is 23.5 Å². The molecule has 0 saturated heterocycles. The van der Waals surface area contributed by atoms with Crippen LogP contribution >= 0.6 is 11.6 Å². The largest absolute Gasteiger partial charge is 0.346 e. The monoisotopic (exact) mass is 668 g/mol. The third-order valence-corrected chi connectivity index (χ3v) is 9.03. The van der Waals surface area contributed by atoms with Crippen LogP contribution in [-0.4, -0.2) is 30.5 Å². The number of amides is 1. The second kappa shape index (κ2) is 11.2. The summed E-state index contributed by atoms with van der Waals surface area (Å²) in [5, 5.41) is 11.8. The lowest BCUT2D eigenvalue weighted by Gasteiger charge is -2.23. The fourth-order valence-corrected chi connectivity index (χ4v) is 6.86. The Kier molecular flexibility index (Phi) is 7.31. The molecule has 2 aliphatic carbocycles. The van der Waals surface area contributed by atoms with Gasteiger partial charge in [-0.15, -0.1) is 6.42 Å². The normalized spacial score (nSPS) is 18.2. The van der Waals surface area contributed by atoms with Crippen LogP contribution in [0.15, 0.2) is 48.7 Å². The number of alkyl halides is 4. The Bertz CT molecular complexity index is 2120. The van der Waals surface area contributed by atoms with Gasteiger partial charge in [-0.1, -0.05) is 23.6 Å². The summed E-state index contributed by atoms with van der Waals surface area (Å²) in [6, 6.07) is 8.32. The number of halogens is 7. The van der Waals surface area contributed by atoms with Crippen molar-refractivity contribution < 1.29 is 31.1 Å². The molecule has 1 saturated carbocycles. The number of hydrogen-bond acceptors (Lipinski definition) is 4. The molecule has 1 unspecified atom stereocenters. The second-order valence-corrected chi connectivity index (χ2v) is 12.1. The van der Waals surface area contributed by atoms with Gasteiger partial charge in [0.15, 0.2) is 0 Å². The Balaban J connectivity index is 1.32. The van der Waals surface area contributed by atoms with Gasteiger partial charge < -0.3 is 5.32 Å². The second-order valence-electron chi connectivity index (χ2n) is 11.7. The summed E-state index contributed by atoms with van der Waals surface area (Å²) in [5.74, 6) is -5.45. The Hall–Kier alpha value is -4.83. The van der Waals surface area contributed by atoms with E-state index in [9.17, 15) is 22.4 Å². The average Bonchev–Trinajstić information content (AvgIpc) is 3.50. The number of aromatic nitrogens is 5. The molecule has 14 heteroatoms. The van der Waals surface area contributed by atoms with E-state index in [4.69, 9.17) is 18.0 Å². The van der Waals surface area contributed by atoms with Crippen LogP contribution in [0.5, 0.6) is 0 Å². The maximum absolute atomic E-state index is 15.2. The van der Waals surface area contributed by atoms with Gasteiger partial charge in [-0.25, -0.2) is 22.5 Å². The number of carbonyl (C=O) groups is 1. The van der Waals surface area contributed by atoms with Crippen molar-refractivity contribution in [3.05, 3.63) is 99.2 Å². The van der Waals surface area contributed by atoms with Crippen molar-refractivity contribution in [1.82, 2.24) is 29.9 Å². The predicted octanol–water partition coefficient (Wildman–Crippen LogP) is 6.99. The summed E-state index contributed by atoms with van der Waals surface area (Å²) in [5.41, 5.74) is 0.501. The number of nitrogens with zero attached hydrogens (tertiary/aromatic N) is 5. The van der Waals surface area contributed by atoms with E-state index in [2.05, 4.69) is 26.4 Å². The summed E-state index contributed by atoms with van der Waals surface area (Å²) in [6.45, 7) is -0.824. The molecule has 1 fully saturated rings. The smallest absolute Gasteiger partial charge is 0.293 e. The standard InChI is InChI=1S/C33H23ClF6N6O/c1-3-18-4-5-19(20-6-7-24(34)22-13-41-45(2)30(20)22)28(42-18)25(10-15-8-16(35)11-17(36)9-15)43-26(47)14-46-31-27(29(44-46)32(37)38)21-12-23(21)33(31,39)40/h1,4-9,11,13,21,23,25,32H,10,12,14H2,2H3,(H,43,47)/t21?,23-,25+/m1/s1. The van der Waals surface area contributed by atoms with Gasteiger partial charge >= 0.3 is 0 Å². The molecule has 240 valence electrons. The van der Waals surface area contributed by atoms with Gasteiger partial charge in [-0.05, 0) is 54.7 Å². The van der Waals surface area contributed by atoms with Crippen LogP contribution in [0, 0.1) is 29.9 Å². The Labute approximate surface area is 268 Å². The first-order chi connectivity index (χ1) is 22.4. The summed E-state index contributed by atoms with van der Waals surface area (Å²) < 4.78 is 88.9. The zero-order chi connectivity index (χ0) is 33.4. The number of benzene rings is 2. The molecule has 1 N–H and O–H groups in total. The molecule has 0 radical (unpaired) electrons. The van der Waals surface area contributed by atoms with Crippen molar-refractivity contribution in [2.24, 2.45) is 13.0 Å². The SMILES string of the molecule is C#Cc1ccc(-c2ccc(Cl)c3cnn(C)c23)c([C@H](Cc2cc(F)cc(F)c2)NC(=O)Cn2nc(C(F)F)c3c2C(F)(F)[C@@H]2CC32)n1. The lowest BCUT2D eigenvalue weighted by molar-refractivity contribution is -0.123. The summed E-state index contributed by atoms with van der Waals surface area (Å²) in [6.07, 6.45) is 3.99. The van der Waals surface area contributed by atoms with Crippen LogP contribution in [-0.2, 0) is 30.7 Å². The van der Waals surface area contributed by atoms with Crippen molar-refractivity contribution in [3.63, 3.8) is 0 Å². The summed E-state index contributed by atoms with van der Waals surface area (Å²) >= 11 is 6.42. The molecule has 0 aliphatic heterocycles. The van der Waals surface area contributed by atoms with Gasteiger partial charge in [-0.2, -0.15) is 19.0 Å². The molecule has 2 aromatic carbocycles. The number of aryl methyl sites for hydroxylation is 1. The van der Waals surface area contributed by atoms with E-state index in [1.807, 2.05) is 0 Å². The number of hydrogen-bond donors (Lipinski definition) is 1. The van der Waals surface area contributed by atoms with Crippen LogP contribution in [0.3, 0.4) is 0 Å². The molecule has 7 rings (SSSR count). The van der Waals surface area contributed by atoms with Crippen LogP contribution in [0.4, 0.5) is 26.3 Å². The number of pyridine rings is 1. The first kappa shape index (κ1) is 30.8. The van der Waals surface area contributed by atoms with E-state index < -0.39 is 65.7 Å². The first-order valence-electron chi connectivity index (χ1n) is 14.5. The molecular formula is C33H23ClF6N6O. The van der Waals surface area contributed by atoms with Gasteiger partial charge in [0, 0.05) is 41.1 Å². The maximum atomic E-state index is 15.2. The van der Waals surface area contributed by atoms with Crippen LogP contribution in [0.25, 0.3) is 22.0 Å². The quantitative estimate of drug-likeness (QED) is 0.143. The Morgan fingerprint density at radius 1 is 1.13 bits per heavy atom. The molecule has 47 heavy (non-hydrogen) atoms. The van der Waals surface area contributed by atoms with E-state index in [1.54, 1.807) is 42.2 Å². The topological polar surface area (TPSA) is 77.6 Å². The van der Waals surface area contributed by atoms with E-state index in [0.717, 1.165) is 12.1 Å². The molecule has 3 aromatic heterocycles. The van der Waals surface area contributed by atoms with Gasteiger partial charge in [0.1, 0.15) is 35.3 Å². The van der Waals surface area contributed by atoms with Gasteiger partial charge in [0.25, 0.3) is 12.3 Å². The molecule has 3 atom stereocenters. The highest BCUT2D eigenvalue weighted by molar-refractivity contribution is 6.35. The van der Waals surface area contributed by atoms with Crippen molar-refractivity contribution in [2.75, 3.05) is 0 Å². The number of rotatable bonds is 8. The van der Waals surface area contributed by atoms with Crippen molar-refractivity contribution >= 4 is 28.4 Å². The van der Waals surface area contributed by atoms with E-state index in [1.165, 1.54) is 0 Å². The predicted molar refractivity (Wildman–Crippen MR) is 160 cm³/mol. The molecule has 3 heterocycles. The number of fused-ring (bicyclic) bond motifs is 4. The summed E-state index contributed by atoms with van der Waals surface area (Å²) in [7, 11) is 1.70. The minimum atomic E-state index is -3.43. The van der Waals surface area contributed by atoms with Gasteiger partial charge in [-0.3, -0.25) is 14.2 Å². The number of terminal acetylenes is 1. The van der Waals surface area contributed by atoms with E-state index in [-0.39, 0.29) is 35.4 Å². The van der Waals surface area contributed by atoms with Crippen molar-refractivity contribution in [1.29, 1.82) is 0 Å². The molecule has 5 aromatic rings. The minimum Gasteiger partial charge on any atom is -0.346 e. The van der Waals surface area contributed by atoms with E-state index >= 15 is 8.78 Å². The lowest BCUT2D eigenvalue weighted by atomic mass is 9.94. The number of nitrogens with one attached hydrogen (secondary N) is 1. The highest BCUT2D eigenvalue weighted by atomic mass is 35.5. The highest BCUT2D eigenvalue weighted by Crippen LogP contribution is 2.68. The number of carbonyl (C=O) groups excluding carboxylic acids is 1. The zero-order valence-corrected chi connectivity index (χ0v) is 25.2. The van der Waals surface area contributed by atoms with Gasteiger partial charge in [0.05, 0.1) is 28.5 Å². The zero-order valence-electron chi connectivity index (χ0n) is 24.4. The fourth-order valence-electron chi connectivity index (χ4n) is 6.66. The van der Waals surface area contributed by atoms with Crippen LogP contribution in [0.2, 0.25) is 5.02 Å². The Morgan fingerprint density at radius 2 is 1.85 bits per heavy atom. The fraction of sp³-hybridized carbons (Fsp3) is 0.273. The average molecular weight is 669 g/mol. The highest BCUT2D eigenvalue weighted by Gasteiger charge is 2.67. The first-order valence-corrected chi connectivity index (χ1v) is 14.8. The van der Waals surface area contributed by atoms with Crippen LogP contribution < -0.4 is 5.32 Å². The molecule has 0 bridgehead atoms. The third kappa shape index (κ3) is 5.20. The molecule has 2 aliphatic rings. The molecule has 0 spiro atoms. The van der Waals surface area contributed by atoms with Crippen molar-refractivity contribution in [2.45, 2.75) is 43.7 Å². The lowest BCUT2D eigenvalue weighted by Crippen LogP contribution is -2.35. The molecule has 1 amide bonds. The van der Waals surface area contributed by atoms with Gasteiger partial charge in [0.2, 0.25) is 5.91 Å². The maximum Gasteiger partial charge on any atom is 0.293 e. The molecular weight excluding hydrogens is 646 g/mol. The van der Waals surface area contributed by atoms with E-state index in [0.29, 0.717) is 37.8 Å². The van der Waals surface area contributed by atoms with Crippen LogP contribution in [0.1, 0.15) is 58.7 Å².